The Labute approximate surface area is 110 Å². The maximum absolute atomic E-state index is 9.19. The van der Waals surface area contributed by atoms with Crippen LogP contribution in [0.3, 0.4) is 0 Å². The second kappa shape index (κ2) is 4.79. The average Bonchev–Trinajstić information content (AvgIpc) is 2.97. The number of furan rings is 1. The first kappa shape index (κ1) is 11.2. The minimum atomic E-state index is 0.557. The van der Waals surface area contributed by atoms with E-state index in [1.807, 2.05) is 42.5 Å². The number of benzene rings is 1. The van der Waals surface area contributed by atoms with Gasteiger partial charge in [0.1, 0.15) is 11.8 Å². The summed E-state index contributed by atoms with van der Waals surface area (Å²) in [6.45, 7) is 0. The van der Waals surface area contributed by atoms with Gasteiger partial charge in [0.05, 0.1) is 23.0 Å². The van der Waals surface area contributed by atoms with Crippen LogP contribution in [0.15, 0.2) is 53.1 Å². The molecular formula is C16H10N2O. The summed E-state index contributed by atoms with van der Waals surface area (Å²) in [5.74, 6) is 0.735. The number of fused-ring (bicyclic) bond motifs is 1. The third-order valence-corrected chi connectivity index (χ3v) is 2.82. The molecule has 0 saturated heterocycles. The third-order valence-electron chi connectivity index (χ3n) is 2.82. The SMILES string of the molecule is N#Cc1cc2ccccc2nc1/C=C/c1ccco1. The molecule has 0 N–H and O–H groups in total. The Bertz CT molecular complexity index is 780. The number of nitriles is 1. The molecule has 3 nitrogen and oxygen atoms in total. The van der Waals surface area contributed by atoms with E-state index in [1.54, 1.807) is 18.4 Å². The van der Waals surface area contributed by atoms with Gasteiger partial charge in [-0.2, -0.15) is 5.26 Å². The monoisotopic (exact) mass is 246 g/mol. The van der Waals surface area contributed by atoms with Gasteiger partial charge in [-0.15, -0.1) is 0 Å². The van der Waals surface area contributed by atoms with Crippen LogP contribution in [0.2, 0.25) is 0 Å². The van der Waals surface area contributed by atoms with Crippen LogP contribution in [0.4, 0.5) is 0 Å². The smallest absolute Gasteiger partial charge is 0.126 e. The molecule has 3 heteroatoms. The van der Waals surface area contributed by atoms with Gasteiger partial charge < -0.3 is 4.42 Å². The predicted octanol–water partition coefficient (Wildman–Crippen LogP) is 3.87. The number of pyridine rings is 1. The fraction of sp³-hybridized carbons (Fsp3) is 0. The van der Waals surface area contributed by atoms with Crippen molar-refractivity contribution in [2.75, 3.05) is 0 Å². The Morgan fingerprint density at radius 1 is 1.11 bits per heavy atom. The summed E-state index contributed by atoms with van der Waals surface area (Å²) < 4.78 is 5.22. The molecule has 2 heterocycles. The van der Waals surface area contributed by atoms with Crippen molar-refractivity contribution in [2.45, 2.75) is 0 Å². The molecule has 0 amide bonds. The molecule has 3 rings (SSSR count). The number of hydrogen-bond acceptors (Lipinski definition) is 3. The quantitative estimate of drug-likeness (QED) is 0.689. The largest absolute Gasteiger partial charge is 0.465 e. The molecule has 90 valence electrons. The van der Waals surface area contributed by atoms with Crippen LogP contribution in [0, 0.1) is 11.3 Å². The highest BCUT2D eigenvalue weighted by Crippen LogP contribution is 2.18. The first-order valence-corrected chi connectivity index (χ1v) is 5.88. The molecule has 0 bridgehead atoms. The van der Waals surface area contributed by atoms with Gasteiger partial charge in [-0.25, -0.2) is 4.98 Å². The van der Waals surface area contributed by atoms with E-state index < -0.39 is 0 Å². The van der Waals surface area contributed by atoms with Gasteiger partial charge >= 0.3 is 0 Å². The lowest BCUT2D eigenvalue weighted by molar-refractivity contribution is 0.557. The molecule has 0 saturated carbocycles. The Morgan fingerprint density at radius 2 is 2.00 bits per heavy atom. The molecule has 0 spiro atoms. The topological polar surface area (TPSA) is 49.8 Å². The summed E-state index contributed by atoms with van der Waals surface area (Å²) in [6, 6.07) is 15.4. The van der Waals surface area contributed by atoms with Crippen LogP contribution < -0.4 is 0 Å². The summed E-state index contributed by atoms with van der Waals surface area (Å²) in [5, 5.41) is 10.2. The van der Waals surface area contributed by atoms with Gasteiger partial charge in [-0.3, -0.25) is 0 Å². The standard InChI is InChI=1S/C16H10N2O/c17-11-13-10-12-4-1-2-6-15(12)18-16(13)8-7-14-5-3-9-19-14/h1-10H/b8-7+. The number of rotatable bonds is 2. The average molecular weight is 246 g/mol. The summed E-state index contributed by atoms with van der Waals surface area (Å²) in [7, 11) is 0. The molecule has 3 aromatic rings. The number of hydrogen-bond donors (Lipinski definition) is 0. The summed E-state index contributed by atoms with van der Waals surface area (Å²) in [4.78, 5) is 4.49. The molecule has 0 atom stereocenters. The van der Waals surface area contributed by atoms with Crippen LogP contribution in [-0.4, -0.2) is 4.98 Å². The highest BCUT2D eigenvalue weighted by Gasteiger charge is 2.03. The molecule has 1 aromatic carbocycles. The van der Waals surface area contributed by atoms with Crippen molar-refractivity contribution in [1.82, 2.24) is 4.98 Å². The summed E-state index contributed by atoms with van der Waals surface area (Å²) in [5.41, 5.74) is 2.08. The van der Waals surface area contributed by atoms with E-state index >= 15 is 0 Å². The molecule has 0 aliphatic carbocycles. The van der Waals surface area contributed by atoms with Crippen molar-refractivity contribution in [3.63, 3.8) is 0 Å². The van der Waals surface area contributed by atoms with Gasteiger partial charge in [-0.1, -0.05) is 18.2 Å². The number of para-hydroxylation sites is 1. The Balaban J connectivity index is 2.09. The van der Waals surface area contributed by atoms with Crippen molar-refractivity contribution in [1.29, 1.82) is 5.26 Å². The first-order valence-electron chi connectivity index (χ1n) is 5.88. The number of nitrogens with zero attached hydrogens (tertiary/aromatic N) is 2. The van der Waals surface area contributed by atoms with Crippen LogP contribution >= 0.6 is 0 Å². The Kier molecular flexibility index (Phi) is 2.83. The lowest BCUT2D eigenvalue weighted by Gasteiger charge is -2.01. The maximum atomic E-state index is 9.19. The normalized spacial score (nSPS) is 10.9. The van der Waals surface area contributed by atoms with E-state index in [4.69, 9.17) is 4.42 Å². The van der Waals surface area contributed by atoms with Crippen LogP contribution in [0.25, 0.3) is 23.1 Å². The highest BCUT2D eigenvalue weighted by molar-refractivity contribution is 5.83. The lowest BCUT2D eigenvalue weighted by Crippen LogP contribution is -1.89. The van der Waals surface area contributed by atoms with E-state index in [9.17, 15) is 5.26 Å². The summed E-state index contributed by atoms with van der Waals surface area (Å²) in [6.07, 6.45) is 5.21. The van der Waals surface area contributed by atoms with Crippen LogP contribution in [0.1, 0.15) is 17.0 Å². The van der Waals surface area contributed by atoms with E-state index in [-0.39, 0.29) is 0 Å². The molecule has 2 aromatic heterocycles. The zero-order valence-corrected chi connectivity index (χ0v) is 10.1. The molecule has 0 radical (unpaired) electrons. The van der Waals surface area contributed by atoms with Crippen molar-refractivity contribution in [2.24, 2.45) is 0 Å². The molecule has 19 heavy (non-hydrogen) atoms. The second-order valence-electron chi connectivity index (χ2n) is 4.07. The molecule has 0 fully saturated rings. The Hall–Kier alpha value is -2.86. The predicted molar refractivity (Wildman–Crippen MR) is 74.1 cm³/mol. The van der Waals surface area contributed by atoms with Crippen LogP contribution in [-0.2, 0) is 0 Å². The van der Waals surface area contributed by atoms with Gasteiger partial charge in [0.25, 0.3) is 0 Å². The molecule has 0 aliphatic rings. The minimum Gasteiger partial charge on any atom is -0.465 e. The zero-order chi connectivity index (χ0) is 13.1. The van der Waals surface area contributed by atoms with Crippen molar-refractivity contribution in [3.05, 3.63) is 65.7 Å². The molecule has 0 aliphatic heterocycles. The van der Waals surface area contributed by atoms with Crippen molar-refractivity contribution in [3.8, 4) is 6.07 Å². The minimum absolute atomic E-state index is 0.557. The third kappa shape index (κ3) is 2.24. The first-order chi connectivity index (χ1) is 9.36. The van der Waals surface area contributed by atoms with Crippen molar-refractivity contribution < 1.29 is 4.42 Å². The van der Waals surface area contributed by atoms with Crippen molar-refractivity contribution >= 4 is 23.1 Å². The lowest BCUT2D eigenvalue weighted by atomic mass is 10.1. The van der Waals surface area contributed by atoms with E-state index in [1.165, 1.54) is 0 Å². The zero-order valence-electron chi connectivity index (χ0n) is 10.1. The van der Waals surface area contributed by atoms with Gasteiger partial charge in [0.2, 0.25) is 0 Å². The highest BCUT2D eigenvalue weighted by atomic mass is 16.3. The summed E-state index contributed by atoms with van der Waals surface area (Å²) >= 11 is 0. The van der Waals surface area contributed by atoms with Gasteiger partial charge in [-0.05, 0) is 36.4 Å². The fourth-order valence-corrected chi connectivity index (χ4v) is 1.89. The van der Waals surface area contributed by atoms with Crippen LogP contribution in [0.5, 0.6) is 0 Å². The van der Waals surface area contributed by atoms with E-state index in [0.29, 0.717) is 11.3 Å². The molecule has 0 unspecified atom stereocenters. The van der Waals surface area contributed by atoms with E-state index in [0.717, 1.165) is 16.7 Å². The number of aromatic nitrogens is 1. The van der Waals surface area contributed by atoms with Gasteiger partial charge in [0.15, 0.2) is 0 Å². The maximum Gasteiger partial charge on any atom is 0.126 e. The van der Waals surface area contributed by atoms with E-state index in [2.05, 4.69) is 11.1 Å². The Morgan fingerprint density at radius 3 is 2.79 bits per heavy atom. The second-order valence-corrected chi connectivity index (χ2v) is 4.07. The van der Waals surface area contributed by atoms with Gasteiger partial charge in [0, 0.05) is 5.39 Å². The fourth-order valence-electron chi connectivity index (χ4n) is 1.89. The molecular weight excluding hydrogens is 236 g/mol.